The van der Waals surface area contributed by atoms with Crippen molar-refractivity contribution in [2.24, 2.45) is 5.92 Å². The van der Waals surface area contributed by atoms with Gasteiger partial charge in [0.25, 0.3) is 0 Å². The van der Waals surface area contributed by atoms with Crippen molar-refractivity contribution >= 4 is 12.0 Å². The third-order valence-electron chi connectivity index (χ3n) is 3.00. The summed E-state index contributed by atoms with van der Waals surface area (Å²) in [4.78, 5) is 25.5. The molecule has 1 aliphatic carbocycles. The highest BCUT2D eigenvalue weighted by molar-refractivity contribution is 5.80. The Labute approximate surface area is 101 Å². The van der Waals surface area contributed by atoms with Crippen molar-refractivity contribution < 1.29 is 19.8 Å². The third-order valence-corrected chi connectivity index (χ3v) is 3.00. The number of hydrogen-bond donors (Lipinski definition) is 2. The lowest BCUT2D eigenvalue weighted by atomic mass is 10.3. The molecular weight excluding hydrogens is 224 g/mol. The molecule has 1 saturated carbocycles. The van der Waals surface area contributed by atoms with Crippen LogP contribution in [0.15, 0.2) is 0 Å². The predicted octanol–water partition coefficient (Wildman–Crippen LogP) is 0.216. The van der Waals surface area contributed by atoms with Crippen LogP contribution in [-0.4, -0.2) is 64.8 Å². The number of amides is 2. The number of aliphatic hydroxyl groups is 1. The highest BCUT2D eigenvalue weighted by Gasteiger charge is 2.30. The predicted molar refractivity (Wildman–Crippen MR) is 61.6 cm³/mol. The molecule has 0 bridgehead atoms. The molecule has 1 rings (SSSR count). The smallest absolute Gasteiger partial charge is 0.323 e. The number of urea groups is 1. The molecule has 0 aromatic carbocycles. The van der Waals surface area contributed by atoms with Gasteiger partial charge in [0.15, 0.2) is 0 Å². The number of carboxylic acids is 1. The second-order valence-electron chi connectivity index (χ2n) is 4.64. The first-order valence-electron chi connectivity index (χ1n) is 5.80. The topological polar surface area (TPSA) is 81.1 Å². The first-order chi connectivity index (χ1) is 7.95. The first kappa shape index (κ1) is 13.8. The Balaban J connectivity index is 2.59. The molecular formula is C11H20N2O4. The summed E-state index contributed by atoms with van der Waals surface area (Å²) in [7, 11) is 1.57. The van der Waals surface area contributed by atoms with E-state index in [4.69, 9.17) is 10.2 Å². The molecule has 0 aromatic heterocycles. The van der Waals surface area contributed by atoms with Crippen LogP contribution in [0.5, 0.6) is 0 Å². The van der Waals surface area contributed by atoms with Crippen molar-refractivity contribution in [3.8, 4) is 0 Å². The average Bonchev–Trinajstić information content (AvgIpc) is 3.08. The van der Waals surface area contributed by atoms with Crippen molar-refractivity contribution in [1.82, 2.24) is 9.80 Å². The van der Waals surface area contributed by atoms with Gasteiger partial charge < -0.3 is 20.0 Å². The number of nitrogens with zero attached hydrogens (tertiary/aromatic N) is 2. The van der Waals surface area contributed by atoms with E-state index in [9.17, 15) is 9.59 Å². The van der Waals surface area contributed by atoms with Crippen LogP contribution in [0.2, 0.25) is 0 Å². The Hall–Kier alpha value is -1.30. The second kappa shape index (κ2) is 5.86. The number of carboxylic acid groups (broad SMARTS) is 1. The molecule has 2 N–H and O–H groups in total. The summed E-state index contributed by atoms with van der Waals surface area (Å²) < 4.78 is 0. The number of likely N-dealkylation sites (N-methyl/N-ethyl adjacent to an activating group) is 1. The van der Waals surface area contributed by atoms with E-state index in [1.807, 2.05) is 0 Å². The maximum Gasteiger partial charge on any atom is 0.323 e. The Morgan fingerprint density at radius 1 is 1.41 bits per heavy atom. The Morgan fingerprint density at radius 2 is 2.00 bits per heavy atom. The number of aliphatic hydroxyl groups excluding tert-OH is 1. The van der Waals surface area contributed by atoms with Gasteiger partial charge >= 0.3 is 12.0 Å². The Morgan fingerprint density at radius 3 is 2.41 bits per heavy atom. The molecule has 1 aliphatic rings. The van der Waals surface area contributed by atoms with Crippen LogP contribution in [-0.2, 0) is 4.79 Å². The highest BCUT2D eigenvalue weighted by Crippen LogP contribution is 2.29. The lowest BCUT2D eigenvalue weighted by Crippen LogP contribution is -2.48. The monoisotopic (exact) mass is 244 g/mol. The molecule has 17 heavy (non-hydrogen) atoms. The largest absolute Gasteiger partial charge is 0.480 e. The first-order valence-corrected chi connectivity index (χ1v) is 5.80. The summed E-state index contributed by atoms with van der Waals surface area (Å²) in [5, 5.41) is 17.8. The molecule has 0 spiro atoms. The van der Waals surface area contributed by atoms with Gasteiger partial charge in [0.1, 0.15) is 6.54 Å². The van der Waals surface area contributed by atoms with E-state index in [-0.39, 0.29) is 25.2 Å². The van der Waals surface area contributed by atoms with Gasteiger partial charge in [-0.3, -0.25) is 4.79 Å². The van der Waals surface area contributed by atoms with Crippen LogP contribution in [0.3, 0.4) is 0 Å². The molecule has 0 aliphatic heterocycles. The van der Waals surface area contributed by atoms with E-state index in [2.05, 4.69) is 0 Å². The molecule has 2 amide bonds. The summed E-state index contributed by atoms with van der Waals surface area (Å²) in [6, 6.07) is -0.640. The molecule has 1 atom stereocenters. The van der Waals surface area contributed by atoms with Gasteiger partial charge in [-0.25, -0.2) is 4.79 Å². The van der Waals surface area contributed by atoms with Crippen molar-refractivity contribution in [3.05, 3.63) is 0 Å². The molecule has 1 unspecified atom stereocenters. The Kier molecular flexibility index (Phi) is 4.74. The number of aliphatic carboxylic acids is 1. The van der Waals surface area contributed by atoms with Crippen molar-refractivity contribution in [2.45, 2.75) is 25.8 Å². The Bertz CT molecular complexity index is 291. The van der Waals surface area contributed by atoms with Crippen molar-refractivity contribution in [3.63, 3.8) is 0 Å². The lowest BCUT2D eigenvalue weighted by Gasteiger charge is -2.30. The molecule has 0 heterocycles. The standard InChI is InChI=1S/C11H20N2O4/c1-8(7-14)12(2)11(17)13(6-10(15)16)5-9-3-4-9/h8-9,14H,3-7H2,1-2H3,(H,15,16). The maximum absolute atomic E-state index is 12.0. The summed E-state index contributed by atoms with van der Waals surface area (Å²) in [5.74, 6) is -0.569. The van der Waals surface area contributed by atoms with E-state index < -0.39 is 5.97 Å². The van der Waals surface area contributed by atoms with Gasteiger partial charge in [-0.1, -0.05) is 0 Å². The highest BCUT2D eigenvalue weighted by atomic mass is 16.4. The minimum atomic E-state index is -1.01. The van der Waals surface area contributed by atoms with Crippen LogP contribution >= 0.6 is 0 Å². The number of hydrogen-bond acceptors (Lipinski definition) is 3. The summed E-state index contributed by atoms with van der Waals surface area (Å²) in [6.07, 6.45) is 2.12. The number of carbonyl (C=O) groups is 2. The van der Waals surface area contributed by atoms with Crippen molar-refractivity contribution in [1.29, 1.82) is 0 Å². The second-order valence-corrected chi connectivity index (χ2v) is 4.64. The van der Waals surface area contributed by atoms with Gasteiger partial charge in [0.05, 0.1) is 12.6 Å². The van der Waals surface area contributed by atoms with E-state index in [1.165, 1.54) is 9.80 Å². The van der Waals surface area contributed by atoms with E-state index in [0.717, 1.165) is 12.8 Å². The zero-order valence-electron chi connectivity index (χ0n) is 10.3. The quantitative estimate of drug-likeness (QED) is 0.700. The van der Waals surface area contributed by atoms with E-state index in [0.29, 0.717) is 12.5 Å². The third kappa shape index (κ3) is 4.22. The van der Waals surface area contributed by atoms with Crippen LogP contribution in [0, 0.1) is 5.92 Å². The molecule has 0 radical (unpaired) electrons. The summed E-state index contributed by atoms with van der Waals surface area (Å²) >= 11 is 0. The van der Waals surface area contributed by atoms with Crippen LogP contribution in [0.25, 0.3) is 0 Å². The van der Waals surface area contributed by atoms with Crippen molar-refractivity contribution in [2.75, 3.05) is 26.7 Å². The minimum absolute atomic E-state index is 0.132. The molecule has 98 valence electrons. The van der Waals surface area contributed by atoms with Gasteiger partial charge in [-0.05, 0) is 25.7 Å². The zero-order valence-corrected chi connectivity index (χ0v) is 10.3. The maximum atomic E-state index is 12.0. The average molecular weight is 244 g/mol. The number of rotatable bonds is 6. The molecule has 0 aromatic rings. The molecule has 1 fully saturated rings. The lowest BCUT2D eigenvalue weighted by molar-refractivity contribution is -0.137. The van der Waals surface area contributed by atoms with Crippen LogP contribution in [0.1, 0.15) is 19.8 Å². The summed E-state index contributed by atoms with van der Waals surface area (Å²) in [5.41, 5.74) is 0. The van der Waals surface area contributed by atoms with E-state index in [1.54, 1.807) is 14.0 Å². The number of carbonyl (C=O) groups excluding carboxylic acids is 1. The van der Waals surface area contributed by atoms with Crippen LogP contribution in [0.4, 0.5) is 4.79 Å². The molecule has 0 saturated heterocycles. The van der Waals surface area contributed by atoms with Gasteiger partial charge in [-0.15, -0.1) is 0 Å². The normalized spacial score (nSPS) is 16.4. The fraction of sp³-hybridized carbons (Fsp3) is 0.818. The van der Waals surface area contributed by atoms with Crippen LogP contribution < -0.4 is 0 Å². The minimum Gasteiger partial charge on any atom is -0.480 e. The van der Waals surface area contributed by atoms with Gasteiger partial charge in [0.2, 0.25) is 0 Å². The molecule has 6 nitrogen and oxygen atoms in total. The van der Waals surface area contributed by atoms with Gasteiger partial charge in [0, 0.05) is 13.6 Å². The fourth-order valence-electron chi connectivity index (χ4n) is 1.52. The SMILES string of the molecule is CC(CO)N(C)C(=O)N(CC(=O)O)CC1CC1. The van der Waals surface area contributed by atoms with E-state index >= 15 is 0 Å². The molecule has 6 heteroatoms. The van der Waals surface area contributed by atoms with Gasteiger partial charge in [-0.2, -0.15) is 0 Å². The zero-order chi connectivity index (χ0) is 13.0. The summed E-state index contributed by atoms with van der Waals surface area (Å²) in [6.45, 7) is 1.80. The fourth-order valence-corrected chi connectivity index (χ4v) is 1.52.